The monoisotopic (exact) mass is 348 g/mol. The van der Waals surface area contributed by atoms with E-state index in [0.717, 1.165) is 11.4 Å². The van der Waals surface area contributed by atoms with E-state index >= 15 is 0 Å². The smallest absolute Gasteiger partial charge is 0.196 e. The van der Waals surface area contributed by atoms with Crippen molar-refractivity contribution >= 4 is 8.07 Å². The lowest BCUT2D eigenvalue weighted by atomic mass is 10.2. The Bertz CT molecular complexity index is 786. The fraction of sp³-hybridized carbons (Fsp3) is 0.409. The van der Waals surface area contributed by atoms with Crippen LogP contribution in [0.2, 0.25) is 16.6 Å². The summed E-state index contributed by atoms with van der Waals surface area (Å²) in [6, 6.07) is 13.1. The zero-order chi connectivity index (χ0) is 18.4. The predicted molar refractivity (Wildman–Crippen MR) is 109 cm³/mol. The van der Waals surface area contributed by atoms with E-state index in [1.165, 1.54) is 0 Å². The third-order valence-electron chi connectivity index (χ3n) is 4.99. The lowest BCUT2D eigenvalue weighted by molar-refractivity contribution is 0.838. The largest absolute Gasteiger partial charge is 0.251 e. The summed E-state index contributed by atoms with van der Waals surface area (Å²) in [5.41, 5.74) is 6.53. The number of nitrogens with zero attached hydrogens (tertiary/aromatic N) is 2. The van der Waals surface area contributed by atoms with Gasteiger partial charge in [-0.05, 0) is 40.6 Å². The molecule has 2 aromatic rings. The van der Waals surface area contributed by atoms with Crippen LogP contribution in [0, 0.1) is 23.4 Å². The van der Waals surface area contributed by atoms with Crippen LogP contribution < -0.4 is 0 Å². The van der Waals surface area contributed by atoms with Gasteiger partial charge in [-0.15, -0.1) is 5.54 Å². The zero-order valence-corrected chi connectivity index (χ0v) is 17.2. The molecule has 25 heavy (non-hydrogen) atoms. The molecule has 0 aliphatic heterocycles. The molecule has 0 atom stereocenters. The molecule has 0 amide bonds. The van der Waals surface area contributed by atoms with Crippen LogP contribution in [-0.2, 0) is 0 Å². The first-order valence-corrected chi connectivity index (χ1v) is 11.2. The molecule has 0 aliphatic carbocycles. The van der Waals surface area contributed by atoms with E-state index in [1.807, 2.05) is 41.1 Å². The van der Waals surface area contributed by atoms with Gasteiger partial charge in [0.2, 0.25) is 0 Å². The second-order valence-corrected chi connectivity index (χ2v) is 13.0. The highest BCUT2D eigenvalue weighted by atomic mass is 28.3. The Balaban J connectivity index is 2.39. The van der Waals surface area contributed by atoms with Crippen molar-refractivity contribution in [2.45, 2.75) is 58.2 Å². The first kappa shape index (κ1) is 19.1. The fourth-order valence-electron chi connectivity index (χ4n) is 3.73. The Morgan fingerprint density at radius 3 is 2.04 bits per heavy atom. The van der Waals surface area contributed by atoms with Gasteiger partial charge in [-0.2, -0.15) is 0 Å². The fourth-order valence-corrected chi connectivity index (χ4v) is 8.92. The normalized spacial score (nSPS) is 11.2. The Morgan fingerprint density at radius 1 is 0.880 bits per heavy atom. The van der Waals surface area contributed by atoms with Gasteiger partial charge >= 0.3 is 0 Å². The highest BCUT2D eigenvalue weighted by molar-refractivity contribution is 6.90. The highest BCUT2D eigenvalue weighted by Gasteiger charge is 2.41. The minimum absolute atomic E-state index is 0.610. The molecule has 0 N–H and O–H groups in total. The van der Waals surface area contributed by atoms with Crippen LogP contribution in [0.25, 0.3) is 0 Å². The van der Waals surface area contributed by atoms with E-state index in [2.05, 4.69) is 70.0 Å². The summed E-state index contributed by atoms with van der Waals surface area (Å²) in [6.45, 7) is 13.9. The number of aromatic nitrogens is 2. The summed E-state index contributed by atoms with van der Waals surface area (Å²) in [4.78, 5) is 4.42. The van der Waals surface area contributed by atoms with Gasteiger partial charge in [-0.25, -0.2) is 4.98 Å². The second kappa shape index (κ2) is 8.23. The average Bonchev–Trinajstić information content (AvgIpc) is 3.01. The summed E-state index contributed by atoms with van der Waals surface area (Å²) < 4.78 is 1.83. The minimum atomic E-state index is -1.76. The van der Waals surface area contributed by atoms with Crippen molar-refractivity contribution in [2.75, 3.05) is 0 Å². The number of benzene rings is 1. The van der Waals surface area contributed by atoms with Crippen molar-refractivity contribution in [3.8, 4) is 23.4 Å². The first-order chi connectivity index (χ1) is 11.9. The van der Waals surface area contributed by atoms with Gasteiger partial charge in [-0.3, -0.25) is 4.57 Å². The van der Waals surface area contributed by atoms with E-state index in [0.29, 0.717) is 16.6 Å². The second-order valence-electron chi connectivity index (χ2n) is 7.37. The zero-order valence-electron chi connectivity index (χ0n) is 16.2. The maximum atomic E-state index is 4.42. The Morgan fingerprint density at radius 2 is 1.48 bits per heavy atom. The Hall–Kier alpha value is -2.23. The van der Waals surface area contributed by atoms with Crippen LogP contribution in [0.5, 0.6) is 0 Å². The van der Waals surface area contributed by atoms with Crippen LogP contribution in [0.15, 0.2) is 42.7 Å². The molecule has 1 heterocycles. The number of hydrogen-bond donors (Lipinski definition) is 0. The van der Waals surface area contributed by atoms with E-state index in [1.54, 1.807) is 6.20 Å². The van der Waals surface area contributed by atoms with Crippen LogP contribution in [0.3, 0.4) is 0 Å². The van der Waals surface area contributed by atoms with E-state index < -0.39 is 8.07 Å². The van der Waals surface area contributed by atoms with Gasteiger partial charge in [0.25, 0.3) is 0 Å². The van der Waals surface area contributed by atoms with Crippen molar-refractivity contribution in [1.29, 1.82) is 0 Å². The molecule has 1 aromatic carbocycles. The molecular formula is C22H28N2Si. The minimum Gasteiger partial charge on any atom is -0.251 e. The van der Waals surface area contributed by atoms with Gasteiger partial charge in [0.15, 0.2) is 5.82 Å². The van der Waals surface area contributed by atoms with Gasteiger partial charge in [0, 0.05) is 24.0 Å². The summed E-state index contributed by atoms with van der Waals surface area (Å²) in [5.74, 6) is 7.28. The third kappa shape index (κ3) is 4.24. The van der Waals surface area contributed by atoms with Crippen molar-refractivity contribution in [1.82, 2.24) is 9.55 Å². The van der Waals surface area contributed by atoms with Crippen molar-refractivity contribution < 1.29 is 0 Å². The van der Waals surface area contributed by atoms with Crippen molar-refractivity contribution in [3.63, 3.8) is 0 Å². The molecule has 0 saturated heterocycles. The Labute approximate surface area is 153 Å². The first-order valence-electron chi connectivity index (χ1n) is 9.01. The SMILES string of the molecule is CC(C)[Si](C#Cc1nccn1C#Cc1ccccc1)(C(C)C)C(C)C. The molecule has 0 fully saturated rings. The van der Waals surface area contributed by atoms with Gasteiger partial charge < -0.3 is 0 Å². The maximum Gasteiger partial charge on any atom is 0.196 e. The maximum absolute atomic E-state index is 4.42. The third-order valence-corrected chi connectivity index (χ3v) is 11.3. The van der Waals surface area contributed by atoms with Crippen LogP contribution in [0.1, 0.15) is 52.9 Å². The summed E-state index contributed by atoms with van der Waals surface area (Å²) in [6.07, 6.45) is 3.65. The summed E-state index contributed by atoms with van der Waals surface area (Å²) in [7, 11) is -1.76. The van der Waals surface area contributed by atoms with Crippen LogP contribution >= 0.6 is 0 Å². The number of imidazole rings is 1. The molecule has 0 bridgehead atoms. The topological polar surface area (TPSA) is 17.8 Å². The highest BCUT2D eigenvalue weighted by Crippen LogP contribution is 2.40. The molecule has 0 radical (unpaired) electrons. The number of rotatable bonds is 3. The molecular weight excluding hydrogens is 320 g/mol. The van der Waals surface area contributed by atoms with E-state index in [-0.39, 0.29) is 0 Å². The van der Waals surface area contributed by atoms with Crippen molar-refractivity contribution in [3.05, 3.63) is 54.1 Å². The summed E-state index contributed by atoms with van der Waals surface area (Å²) in [5, 5.41) is 0. The molecule has 1 aromatic heterocycles. The van der Waals surface area contributed by atoms with Crippen LogP contribution in [-0.4, -0.2) is 17.6 Å². The Kier molecular flexibility index (Phi) is 6.29. The molecule has 2 rings (SSSR count). The summed E-state index contributed by atoms with van der Waals surface area (Å²) >= 11 is 0. The molecule has 0 aliphatic rings. The molecule has 0 saturated carbocycles. The van der Waals surface area contributed by atoms with E-state index in [4.69, 9.17) is 0 Å². The van der Waals surface area contributed by atoms with E-state index in [9.17, 15) is 0 Å². The lowest BCUT2D eigenvalue weighted by Crippen LogP contribution is -2.43. The van der Waals surface area contributed by atoms with Gasteiger partial charge in [-0.1, -0.05) is 59.7 Å². The van der Waals surface area contributed by atoms with Crippen LogP contribution in [0.4, 0.5) is 0 Å². The predicted octanol–water partition coefficient (Wildman–Crippen LogP) is 5.31. The molecule has 0 spiro atoms. The molecule has 2 nitrogen and oxygen atoms in total. The molecule has 3 heteroatoms. The quantitative estimate of drug-likeness (QED) is 0.543. The van der Waals surface area contributed by atoms with Crippen molar-refractivity contribution in [2.24, 2.45) is 0 Å². The molecule has 0 unspecified atom stereocenters. The van der Waals surface area contributed by atoms with Gasteiger partial charge in [0.1, 0.15) is 8.07 Å². The average molecular weight is 349 g/mol. The lowest BCUT2D eigenvalue weighted by Gasteiger charge is -2.37. The molecule has 130 valence electrons. The standard InChI is InChI=1S/C22H28N2Si/c1-18(2)25(19(3)4,20(5)6)17-13-22-23-14-16-24(22)15-12-21-10-8-7-9-11-21/h7-11,14,16,18-20H,1-6H3. The van der Waals surface area contributed by atoms with Gasteiger partial charge in [0.05, 0.1) is 0 Å². The number of hydrogen-bond acceptors (Lipinski definition) is 1.